The Morgan fingerprint density at radius 1 is 1.37 bits per heavy atom. The summed E-state index contributed by atoms with van der Waals surface area (Å²) in [4.78, 5) is 21.5. The molecular weight excluding hydrogens is 361 g/mol. The molecule has 0 aliphatic carbocycles. The first-order valence-corrected chi connectivity index (χ1v) is 7.63. The van der Waals surface area contributed by atoms with Crippen molar-refractivity contribution in [3.05, 3.63) is 68.9 Å². The normalized spacial score (nSPS) is 18.7. The van der Waals surface area contributed by atoms with Crippen molar-refractivity contribution in [1.29, 1.82) is 5.26 Å². The van der Waals surface area contributed by atoms with Crippen molar-refractivity contribution < 1.29 is 17.9 Å². The first-order valence-electron chi connectivity index (χ1n) is 7.63. The third-order valence-electron chi connectivity index (χ3n) is 4.25. The van der Waals surface area contributed by atoms with Crippen LogP contribution in [0.5, 0.6) is 5.75 Å². The van der Waals surface area contributed by atoms with E-state index in [4.69, 9.17) is 16.6 Å². The molecular formula is C18H11F3N4O2. The SMILES string of the molecule is [C-]#[N+]C1C(C(F)(F)F)=Nc2cc[nH]c(=O)c2C1c1ccc(C#N)cc1OC. The molecule has 1 aliphatic heterocycles. The number of methoxy groups -OCH3 is 1. The molecule has 6 nitrogen and oxygen atoms in total. The predicted molar refractivity (Wildman–Crippen MR) is 90.2 cm³/mol. The predicted octanol–water partition coefficient (Wildman–Crippen LogP) is 3.32. The highest BCUT2D eigenvalue weighted by atomic mass is 19.4. The minimum atomic E-state index is -4.84. The number of nitriles is 1. The Morgan fingerprint density at radius 2 is 2.11 bits per heavy atom. The summed E-state index contributed by atoms with van der Waals surface area (Å²) >= 11 is 0. The zero-order chi connectivity index (χ0) is 19.8. The summed E-state index contributed by atoms with van der Waals surface area (Å²) in [5.74, 6) is -1.13. The third kappa shape index (κ3) is 3.04. The van der Waals surface area contributed by atoms with Crippen molar-refractivity contribution in [2.75, 3.05) is 7.11 Å². The lowest BCUT2D eigenvalue weighted by molar-refractivity contribution is -0.0610. The Hall–Kier alpha value is -3.59. The molecule has 136 valence electrons. The van der Waals surface area contributed by atoms with E-state index in [1.54, 1.807) is 0 Å². The molecule has 0 saturated heterocycles. The number of fused-ring (bicyclic) bond motifs is 1. The Labute approximate surface area is 151 Å². The van der Waals surface area contributed by atoms with E-state index in [1.165, 1.54) is 37.6 Å². The maximum Gasteiger partial charge on any atom is 0.437 e. The van der Waals surface area contributed by atoms with Gasteiger partial charge in [-0.3, -0.25) is 4.79 Å². The second-order valence-electron chi connectivity index (χ2n) is 5.72. The van der Waals surface area contributed by atoms with Crippen molar-refractivity contribution in [3.63, 3.8) is 0 Å². The molecule has 1 N–H and O–H groups in total. The van der Waals surface area contributed by atoms with Gasteiger partial charge in [-0.15, -0.1) is 0 Å². The second kappa shape index (κ2) is 6.61. The minimum Gasteiger partial charge on any atom is -0.496 e. The molecule has 2 unspecified atom stereocenters. The fourth-order valence-electron chi connectivity index (χ4n) is 3.12. The van der Waals surface area contributed by atoms with Crippen LogP contribution in [0.3, 0.4) is 0 Å². The highest BCUT2D eigenvalue weighted by Crippen LogP contribution is 2.44. The molecule has 2 aromatic rings. The number of hydrogen-bond acceptors (Lipinski definition) is 4. The highest BCUT2D eigenvalue weighted by Gasteiger charge is 2.53. The van der Waals surface area contributed by atoms with Crippen LogP contribution in [0.2, 0.25) is 0 Å². The average molecular weight is 372 g/mol. The molecule has 0 fully saturated rings. The maximum absolute atomic E-state index is 13.5. The molecule has 0 amide bonds. The van der Waals surface area contributed by atoms with E-state index in [0.29, 0.717) is 0 Å². The number of rotatable bonds is 2. The number of aromatic nitrogens is 1. The van der Waals surface area contributed by atoms with E-state index in [2.05, 4.69) is 14.8 Å². The number of benzene rings is 1. The Morgan fingerprint density at radius 3 is 2.70 bits per heavy atom. The Bertz CT molecular complexity index is 1070. The zero-order valence-electron chi connectivity index (χ0n) is 13.8. The van der Waals surface area contributed by atoms with E-state index in [9.17, 15) is 18.0 Å². The summed E-state index contributed by atoms with van der Waals surface area (Å²) in [6, 6.07) is 5.55. The molecule has 27 heavy (non-hydrogen) atoms. The third-order valence-corrected chi connectivity index (χ3v) is 4.25. The van der Waals surface area contributed by atoms with Gasteiger partial charge in [-0.25, -0.2) is 11.6 Å². The number of aliphatic imine (C=N–C) groups is 1. The van der Waals surface area contributed by atoms with Gasteiger partial charge in [0, 0.05) is 11.8 Å². The van der Waals surface area contributed by atoms with Crippen LogP contribution >= 0.6 is 0 Å². The lowest BCUT2D eigenvalue weighted by Crippen LogP contribution is -2.41. The zero-order valence-corrected chi connectivity index (χ0v) is 13.8. The quantitative estimate of drug-likeness (QED) is 0.821. The molecule has 3 rings (SSSR count). The monoisotopic (exact) mass is 372 g/mol. The Kier molecular flexibility index (Phi) is 4.46. The molecule has 0 bridgehead atoms. The number of ether oxygens (including phenoxy) is 1. The van der Waals surface area contributed by atoms with Gasteiger partial charge < -0.3 is 14.6 Å². The van der Waals surface area contributed by atoms with Crippen LogP contribution in [0.25, 0.3) is 4.85 Å². The molecule has 1 aromatic heterocycles. The Balaban J connectivity index is 2.35. The number of nitrogens with one attached hydrogen (secondary N) is 1. The number of alkyl halides is 3. The topological polar surface area (TPSA) is 82.6 Å². The summed E-state index contributed by atoms with van der Waals surface area (Å²) in [5, 5.41) is 9.03. The van der Waals surface area contributed by atoms with E-state index in [1.807, 2.05) is 6.07 Å². The van der Waals surface area contributed by atoms with Crippen LogP contribution < -0.4 is 10.3 Å². The highest BCUT2D eigenvalue weighted by molar-refractivity contribution is 6.00. The van der Waals surface area contributed by atoms with Crippen molar-refractivity contribution in [1.82, 2.24) is 4.98 Å². The van der Waals surface area contributed by atoms with Gasteiger partial charge in [0.15, 0.2) is 0 Å². The van der Waals surface area contributed by atoms with E-state index in [0.717, 1.165) is 0 Å². The lowest BCUT2D eigenvalue weighted by atomic mass is 9.80. The van der Waals surface area contributed by atoms with Gasteiger partial charge in [0.25, 0.3) is 11.6 Å². The van der Waals surface area contributed by atoms with E-state index in [-0.39, 0.29) is 28.1 Å². The second-order valence-corrected chi connectivity index (χ2v) is 5.72. The number of halogens is 3. The first kappa shape index (κ1) is 18.2. The van der Waals surface area contributed by atoms with Crippen LogP contribution in [0.1, 0.15) is 22.6 Å². The van der Waals surface area contributed by atoms with E-state index >= 15 is 0 Å². The summed E-state index contributed by atoms with van der Waals surface area (Å²) in [6.07, 6.45) is -3.64. The van der Waals surface area contributed by atoms with Crippen LogP contribution in [0.15, 0.2) is 40.2 Å². The molecule has 2 atom stereocenters. The molecule has 0 radical (unpaired) electrons. The molecule has 1 aromatic carbocycles. The number of pyridine rings is 1. The average Bonchev–Trinajstić information content (AvgIpc) is 2.65. The molecule has 1 aliphatic rings. The first-order chi connectivity index (χ1) is 12.8. The van der Waals surface area contributed by atoms with Crippen LogP contribution in [0, 0.1) is 17.9 Å². The largest absolute Gasteiger partial charge is 0.496 e. The summed E-state index contributed by atoms with van der Waals surface area (Å²) in [5.41, 5.74) is -1.67. The van der Waals surface area contributed by atoms with Crippen LogP contribution in [0.4, 0.5) is 18.9 Å². The van der Waals surface area contributed by atoms with Gasteiger partial charge in [0.1, 0.15) is 11.7 Å². The molecule has 0 spiro atoms. The lowest BCUT2D eigenvalue weighted by Gasteiger charge is -2.27. The number of aromatic amines is 1. The van der Waals surface area contributed by atoms with Crippen LogP contribution in [-0.4, -0.2) is 30.0 Å². The van der Waals surface area contributed by atoms with Crippen molar-refractivity contribution >= 4 is 11.4 Å². The minimum absolute atomic E-state index is 0.0468. The fourth-order valence-corrected chi connectivity index (χ4v) is 3.12. The molecule has 0 saturated carbocycles. The standard InChI is InChI=1S/C18H11F3N4O2/c1-23-15-13(10-4-3-9(8-22)7-12(10)27-2)14-11(5-6-24-17(14)26)25-16(15)18(19,20)21/h3-7,13,15H,2H3,(H,24,26). The summed E-state index contributed by atoms with van der Waals surface area (Å²) in [6.45, 7) is 7.34. The van der Waals surface area contributed by atoms with Gasteiger partial charge >= 0.3 is 6.18 Å². The van der Waals surface area contributed by atoms with Crippen molar-refractivity contribution in [2.45, 2.75) is 18.1 Å². The number of nitrogens with zero attached hydrogens (tertiary/aromatic N) is 3. The molecule has 9 heteroatoms. The fraction of sp³-hybridized carbons (Fsp3) is 0.222. The summed E-state index contributed by atoms with van der Waals surface area (Å²) < 4.78 is 45.8. The van der Waals surface area contributed by atoms with Crippen LogP contribution in [-0.2, 0) is 0 Å². The van der Waals surface area contributed by atoms with Crippen molar-refractivity contribution in [3.8, 4) is 11.8 Å². The van der Waals surface area contributed by atoms with Gasteiger partial charge in [-0.05, 0) is 18.2 Å². The van der Waals surface area contributed by atoms with E-state index < -0.39 is 29.4 Å². The van der Waals surface area contributed by atoms with Gasteiger partial charge in [-0.2, -0.15) is 18.4 Å². The van der Waals surface area contributed by atoms with Crippen molar-refractivity contribution in [2.24, 2.45) is 4.99 Å². The maximum atomic E-state index is 13.5. The number of hydrogen-bond donors (Lipinski definition) is 1. The smallest absolute Gasteiger partial charge is 0.437 e. The van der Waals surface area contributed by atoms with Gasteiger partial charge in [0.2, 0.25) is 5.71 Å². The van der Waals surface area contributed by atoms with Gasteiger partial charge in [0.05, 0.1) is 30.0 Å². The molecule has 2 heterocycles. The van der Waals surface area contributed by atoms with Gasteiger partial charge in [-0.1, -0.05) is 6.07 Å². The number of H-pyrrole nitrogens is 1. The summed E-state index contributed by atoms with van der Waals surface area (Å²) in [7, 11) is 1.30.